The van der Waals surface area contributed by atoms with E-state index in [0.717, 1.165) is 0 Å². The maximum absolute atomic E-state index is 13.6. The molecule has 0 spiro atoms. The lowest BCUT2D eigenvalue weighted by Gasteiger charge is -2.14. The molecule has 1 heterocycles. The van der Waals surface area contributed by atoms with Crippen LogP contribution in [0.1, 0.15) is 11.7 Å². The summed E-state index contributed by atoms with van der Waals surface area (Å²) in [6.45, 7) is -0.329. The molecule has 0 fully saturated rings. The van der Waals surface area contributed by atoms with Crippen LogP contribution < -0.4 is 4.72 Å². The van der Waals surface area contributed by atoms with Gasteiger partial charge in [0.1, 0.15) is 5.82 Å². The van der Waals surface area contributed by atoms with E-state index < -0.39 is 21.9 Å². The molecule has 0 aliphatic heterocycles. The lowest BCUT2D eigenvalue weighted by molar-refractivity contribution is 0.177. The fourth-order valence-electron chi connectivity index (χ4n) is 2.45. The average molecular weight is 346 g/mol. The molecule has 0 bridgehead atoms. The zero-order valence-corrected chi connectivity index (χ0v) is 13.4. The van der Waals surface area contributed by atoms with Crippen molar-refractivity contribution in [1.29, 1.82) is 0 Å². The zero-order chi connectivity index (χ0) is 17.2. The van der Waals surface area contributed by atoms with Gasteiger partial charge in [0.25, 0.3) is 0 Å². The Balaban J connectivity index is 1.85. The van der Waals surface area contributed by atoms with Crippen LogP contribution >= 0.6 is 0 Å². The summed E-state index contributed by atoms with van der Waals surface area (Å²) >= 11 is 0. The number of halogens is 1. The molecule has 124 valence electrons. The van der Waals surface area contributed by atoms with Crippen LogP contribution in [-0.4, -0.2) is 25.1 Å². The summed E-state index contributed by atoms with van der Waals surface area (Å²) in [4.78, 5) is 4.05. The van der Waals surface area contributed by atoms with Gasteiger partial charge in [-0.15, -0.1) is 0 Å². The van der Waals surface area contributed by atoms with Crippen LogP contribution in [0.2, 0.25) is 0 Å². The number of nitrogens with zero attached hydrogens (tertiary/aromatic N) is 1. The van der Waals surface area contributed by atoms with Gasteiger partial charge >= 0.3 is 0 Å². The molecule has 2 aromatic carbocycles. The van der Waals surface area contributed by atoms with E-state index >= 15 is 0 Å². The molecule has 2 N–H and O–H groups in total. The van der Waals surface area contributed by atoms with E-state index in [2.05, 4.69) is 9.71 Å². The highest BCUT2D eigenvalue weighted by molar-refractivity contribution is 7.89. The monoisotopic (exact) mass is 346 g/mol. The third-order valence-corrected chi connectivity index (χ3v) is 5.14. The molecular formula is C17H15FN2O3S. The smallest absolute Gasteiger partial charge is 0.241 e. The number of aromatic nitrogens is 1. The number of pyridine rings is 1. The molecule has 0 saturated heterocycles. The highest BCUT2D eigenvalue weighted by Crippen LogP contribution is 2.22. The maximum atomic E-state index is 13.6. The van der Waals surface area contributed by atoms with Crippen molar-refractivity contribution < 1.29 is 17.9 Å². The Morgan fingerprint density at radius 3 is 2.71 bits per heavy atom. The Kier molecular flexibility index (Phi) is 4.57. The molecule has 0 aliphatic carbocycles. The molecule has 0 radical (unpaired) electrons. The number of rotatable bonds is 5. The van der Waals surface area contributed by atoms with Gasteiger partial charge in [0.2, 0.25) is 10.0 Å². The summed E-state index contributed by atoms with van der Waals surface area (Å²) in [6, 6.07) is 12.2. The third kappa shape index (κ3) is 3.28. The summed E-state index contributed by atoms with van der Waals surface area (Å²) in [7, 11) is -3.86. The van der Waals surface area contributed by atoms with Gasteiger partial charge in [-0.3, -0.25) is 4.98 Å². The molecule has 24 heavy (non-hydrogen) atoms. The van der Waals surface area contributed by atoms with Crippen molar-refractivity contribution in [2.45, 2.75) is 11.0 Å². The van der Waals surface area contributed by atoms with Crippen molar-refractivity contribution >= 4 is 20.8 Å². The summed E-state index contributed by atoms with van der Waals surface area (Å²) in [5.41, 5.74) is 0.0438. The Labute approximate surface area is 138 Å². The van der Waals surface area contributed by atoms with Gasteiger partial charge in [0.15, 0.2) is 0 Å². The molecule has 7 heteroatoms. The summed E-state index contributed by atoms with van der Waals surface area (Å²) < 4.78 is 41.0. The molecule has 0 amide bonds. The number of hydrogen-bond donors (Lipinski definition) is 2. The number of benzene rings is 2. The van der Waals surface area contributed by atoms with Crippen LogP contribution in [0.5, 0.6) is 0 Å². The van der Waals surface area contributed by atoms with Gasteiger partial charge in [-0.05, 0) is 18.2 Å². The first-order chi connectivity index (χ1) is 11.5. The fourth-order valence-corrected chi connectivity index (χ4v) is 3.71. The Bertz CT molecular complexity index is 971. The third-order valence-electron chi connectivity index (χ3n) is 3.66. The summed E-state index contributed by atoms with van der Waals surface area (Å²) in [6.07, 6.45) is 1.80. The molecule has 0 saturated carbocycles. The van der Waals surface area contributed by atoms with Crippen LogP contribution in [0.25, 0.3) is 10.8 Å². The molecule has 0 aliphatic rings. The minimum absolute atomic E-state index is 0.0438. The molecule has 3 rings (SSSR count). The number of nitrogens with one attached hydrogen (secondary N) is 1. The van der Waals surface area contributed by atoms with Crippen LogP contribution in [0.15, 0.2) is 65.8 Å². The molecule has 5 nitrogen and oxygen atoms in total. The van der Waals surface area contributed by atoms with E-state index in [1.807, 2.05) is 0 Å². The Morgan fingerprint density at radius 2 is 1.92 bits per heavy atom. The first-order valence-electron chi connectivity index (χ1n) is 7.24. The minimum atomic E-state index is -3.86. The number of aliphatic hydroxyl groups is 1. The number of aliphatic hydroxyl groups excluding tert-OH is 1. The van der Waals surface area contributed by atoms with Gasteiger partial charge in [0, 0.05) is 35.3 Å². The Hall–Kier alpha value is -2.35. The van der Waals surface area contributed by atoms with Crippen LogP contribution in [0.3, 0.4) is 0 Å². The van der Waals surface area contributed by atoms with E-state index in [-0.39, 0.29) is 17.0 Å². The topological polar surface area (TPSA) is 79.3 Å². The SMILES string of the molecule is O=S(=O)(NC[C@@H](O)c1ccccc1F)c1cccc2cnccc12. The Morgan fingerprint density at radius 1 is 1.12 bits per heavy atom. The van der Waals surface area contributed by atoms with Crippen LogP contribution in [0, 0.1) is 5.82 Å². The van der Waals surface area contributed by atoms with Gasteiger partial charge in [-0.1, -0.05) is 30.3 Å². The van der Waals surface area contributed by atoms with Crippen molar-refractivity contribution in [3.05, 3.63) is 72.3 Å². The molecule has 1 aromatic heterocycles. The molecule has 3 aromatic rings. The van der Waals surface area contributed by atoms with E-state index in [0.29, 0.717) is 10.8 Å². The van der Waals surface area contributed by atoms with Gasteiger partial charge in [-0.2, -0.15) is 0 Å². The lowest BCUT2D eigenvalue weighted by atomic mass is 10.1. The maximum Gasteiger partial charge on any atom is 0.241 e. The van der Waals surface area contributed by atoms with Gasteiger partial charge < -0.3 is 5.11 Å². The summed E-state index contributed by atoms with van der Waals surface area (Å²) in [5.74, 6) is -0.583. The predicted octanol–water partition coefficient (Wildman–Crippen LogP) is 2.39. The second kappa shape index (κ2) is 6.64. The second-order valence-corrected chi connectivity index (χ2v) is 6.98. The highest BCUT2D eigenvalue weighted by Gasteiger charge is 2.20. The van der Waals surface area contributed by atoms with Crippen LogP contribution in [0.4, 0.5) is 4.39 Å². The van der Waals surface area contributed by atoms with Gasteiger partial charge in [0.05, 0.1) is 11.0 Å². The van der Waals surface area contributed by atoms with E-state index in [9.17, 15) is 17.9 Å². The first-order valence-corrected chi connectivity index (χ1v) is 8.72. The zero-order valence-electron chi connectivity index (χ0n) is 12.6. The quantitative estimate of drug-likeness (QED) is 0.743. The van der Waals surface area contributed by atoms with Crippen molar-refractivity contribution in [3.63, 3.8) is 0 Å². The number of hydrogen-bond acceptors (Lipinski definition) is 4. The molecular weight excluding hydrogens is 331 g/mol. The largest absolute Gasteiger partial charge is 0.387 e. The van der Waals surface area contributed by atoms with E-state index in [1.165, 1.54) is 30.5 Å². The standard InChI is InChI=1S/C17H15FN2O3S/c18-15-6-2-1-5-14(15)16(21)11-20-24(22,23)17-7-3-4-12-10-19-9-8-13(12)17/h1-10,16,20-21H,11H2/t16-/m1/s1. The molecule has 1 atom stereocenters. The number of sulfonamides is 1. The summed E-state index contributed by atoms with van der Waals surface area (Å²) in [5, 5.41) is 11.3. The van der Waals surface area contributed by atoms with Crippen molar-refractivity contribution in [2.75, 3.05) is 6.54 Å². The lowest BCUT2D eigenvalue weighted by Crippen LogP contribution is -2.29. The number of fused-ring (bicyclic) bond motifs is 1. The average Bonchev–Trinajstić information content (AvgIpc) is 2.59. The minimum Gasteiger partial charge on any atom is -0.387 e. The second-order valence-electron chi connectivity index (χ2n) is 5.24. The van der Waals surface area contributed by atoms with Gasteiger partial charge in [-0.25, -0.2) is 17.5 Å². The van der Waals surface area contributed by atoms with Crippen molar-refractivity contribution in [3.8, 4) is 0 Å². The van der Waals surface area contributed by atoms with E-state index in [1.54, 1.807) is 30.5 Å². The normalized spacial score (nSPS) is 13.1. The molecule has 0 unspecified atom stereocenters. The van der Waals surface area contributed by atoms with E-state index in [4.69, 9.17) is 0 Å². The highest BCUT2D eigenvalue weighted by atomic mass is 32.2. The van der Waals surface area contributed by atoms with Crippen molar-refractivity contribution in [2.24, 2.45) is 0 Å². The first kappa shape index (κ1) is 16.5. The fraction of sp³-hybridized carbons (Fsp3) is 0.118. The van der Waals surface area contributed by atoms with Crippen LogP contribution in [-0.2, 0) is 10.0 Å². The van der Waals surface area contributed by atoms with Crippen molar-refractivity contribution in [1.82, 2.24) is 9.71 Å². The predicted molar refractivity (Wildman–Crippen MR) is 88.3 cm³/mol.